The van der Waals surface area contributed by atoms with E-state index in [2.05, 4.69) is 48.1 Å². The highest BCUT2D eigenvalue weighted by atomic mass is 28.4. The van der Waals surface area contributed by atoms with Crippen LogP contribution in [0.25, 0.3) is 0 Å². The SMILES string of the molecule is C=CC[C@@H]1O[C@@H]2CO[Si](C(C)(C)C)(C(C)(C)C)O[C@H]2[C@H]1OC. The lowest BCUT2D eigenvalue weighted by molar-refractivity contribution is -0.0739. The number of rotatable bonds is 3. The molecule has 2 heterocycles. The smallest absolute Gasteiger partial charge is 0.349 e. The highest BCUT2D eigenvalue weighted by Gasteiger charge is 2.64. The molecule has 0 N–H and O–H groups in total. The third kappa shape index (κ3) is 2.82. The van der Waals surface area contributed by atoms with Crippen molar-refractivity contribution < 1.29 is 18.3 Å². The summed E-state index contributed by atoms with van der Waals surface area (Å²) >= 11 is 0. The van der Waals surface area contributed by atoms with Crippen molar-refractivity contribution in [2.75, 3.05) is 13.7 Å². The van der Waals surface area contributed by atoms with Crippen LogP contribution in [0.1, 0.15) is 48.0 Å². The quantitative estimate of drug-likeness (QED) is 0.583. The molecule has 0 aromatic heterocycles. The number of fused-ring (bicyclic) bond motifs is 1. The van der Waals surface area contributed by atoms with Crippen LogP contribution in [-0.4, -0.2) is 46.7 Å². The van der Waals surface area contributed by atoms with Gasteiger partial charge in [0.05, 0.1) is 12.7 Å². The second kappa shape index (κ2) is 6.02. The number of hydrogen-bond donors (Lipinski definition) is 0. The zero-order valence-electron chi connectivity index (χ0n) is 15.1. The lowest BCUT2D eigenvalue weighted by Gasteiger charge is -2.53. The Hall–Kier alpha value is -0.203. The Morgan fingerprint density at radius 3 is 2.23 bits per heavy atom. The fourth-order valence-electron chi connectivity index (χ4n) is 4.06. The lowest BCUT2D eigenvalue weighted by atomic mass is 10.1. The van der Waals surface area contributed by atoms with E-state index < -0.39 is 8.56 Å². The van der Waals surface area contributed by atoms with Crippen molar-refractivity contribution in [1.29, 1.82) is 0 Å². The van der Waals surface area contributed by atoms with Crippen LogP contribution in [0.4, 0.5) is 0 Å². The predicted molar refractivity (Wildman–Crippen MR) is 90.3 cm³/mol. The highest BCUT2D eigenvalue weighted by molar-refractivity contribution is 6.73. The van der Waals surface area contributed by atoms with Crippen LogP contribution in [-0.2, 0) is 18.3 Å². The van der Waals surface area contributed by atoms with E-state index in [9.17, 15) is 0 Å². The fourth-order valence-corrected chi connectivity index (χ4v) is 9.02. The Balaban J connectivity index is 2.32. The van der Waals surface area contributed by atoms with E-state index in [-0.39, 0.29) is 34.5 Å². The molecule has 0 aromatic rings. The van der Waals surface area contributed by atoms with Gasteiger partial charge in [-0.3, -0.25) is 0 Å². The molecule has 0 spiro atoms. The van der Waals surface area contributed by atoms with E-state index in [0.29, 0.717) is 6.61 Å². The highest BCUT2D eigenvalue weighted by Crippen LogP contribution is 2.55. The third-order valence-corrected chi connectivity index (χ3v) is 9.93. The number of methoxy groups -OCH3 is 1. The minimum absolute atomic E-state index is 0.00540. The molecule has 0 radical (unpaired) electrons. The van der Waals surface area contributed by atoms with Crippen molar-refractivity contribution in [2.24, 2.45) is 0 Å². The molecule has 2 saturated heterocycles. The second-order valence-electron chi connectivity index (χ2n) is 8.45. The van der Waals surface area contributed by atoms with Gasteiger partial charge in [-0.2, -0.15) is 0 Å². The molecule has 128 valence electrons. The van der Waals surface area contributed by atoms with Crippen molar-refractivity contribution in [3.05, 3.63) is 12.7 Å². The van der Waals surface area contributed by atoms with Gasteiger partial charge in [0, 0.05) is 17.2 Å². The van der Waals surface area contributed by atoms with Gasteiger partial charge in [0.2, 0.25) is 0 Å². The van der Waals surface area contributed by atoms with Crippen molar-refractivity contribution in [2.45, 2.75) is 82.5 Å². The van der Waals surface area contributed by atoms with E-state index in [1.165, 1.54) is 0 Å². The summed E-state index contributed by atoms with van der Waals surface area (Å²) in [5, 5.41) is -0.0456. The van der Waals surface area contributed by atoms with Crippen molar-refractivity contribution in [3.8, 4) is 0 Å². The van der Waals surface area contributed by atoms with Gasteiger partial charge in [-0.1, -0.05) is 47.6 Å². The van der Waals surface area contributed by atoms with E-state index in [0.717, 1.165) is 6.42 Å². The molecule has 22 heavy (non-hydrogen) atoms. The maximum Gasteiger partial charge on any atom is 0.349 e. The maximum atomic E-state index is 6.74. The van der Waals surface area contributed by atoms with Gasteiger partial charge in [0.25, 0.3) is 0 Å². The minimum Gasteiger partial charge on any atom is -0.391 e. The predicted octanol–water partition coefficient (Wildman–Crippen LogP) is 3.80. The van der Waals surface area contributed by atoms with Crippen molar-refractivity contribution in [3.63, 3.8) is 0 Å². The molecule has 2 aliphatic heterocycles. The average Bonchev–Trinajstić information content (AvgIpc) is 2.72. The first-order valence-electron chi connectivity index (χ1n) is 8.18. The monoisotopic (exact) mass is 328 g/mol. The van der Waals surface area contributed by atoms with Crippen molar-refractivity contribution in [1.82, 2.24) is 0 Å². The van der Waals surface area contributed by atoms with Gasteiger partial charge in [0.15, 0.2) is 0 Å². The Morgan fingerprint density at radius 1 is 1.18 bits per heavy atom. The summed E-state index contributed by atoms with van der Waals surface area (Å²) in [6, 6.07) is 0. The van der Waals surface area contributed by atoms with Gasteiger partial charge in [-0.25, -0.2) is 0 Å². The molecule has 0 amide bonds. The standard InChI is InChI=1S/C17H32O4Si/c1-9-10-12-14(18-8)15-13(20-12)11-19-22(21-15,16(2,3)4)17(5,6)7/h9,12-15H,1,10-11H2,2-8H3/t12-,13+,14-,15+/m0/s1. The van der Waals surface area contributed by atoms with E-state index >= 15 is 0 Å². The van der Waals surface area contributed by atoms with Gasteiger partial charge in [-0.15, -0.1) is 6.58 Å². The molecular weight excluding hydrogens is 296 g/mol. The molecule has 5 heteroatoms. The summed E-state index contributed by atoms with van der Waals surface area (Å²) in [6.45, 7) is 17.8. The van der Waals surface area contributed by atoms with Crippen molar-refractivity contribution >= 4 is 8.56 Å². The van der Waals surface area contributed by atoms with Crippen LogP contribution in [0.2, 0.25) is 10.1 Å². The lowest BCUT2D eigenvalue weighted by Crippen LogP contribution is -2.65. The Morgan fingerprint density at radius 2 is 1.77 bits per heavy atom. The van der Waals surface area contributed by atoms with Crippen LogP contribution >= 0.6 is 0 Å². The van der Waals surface area contributed by atoms with Crippen LogP contribution < -0.4 is 0 Å². The zero-order valence-corrected chi connectivity index (χ0v) is 16.1. The molecule has 2 fully saturated rings. The molecule has 2 aliphatic rings. The first-order chi connectivity index (χ1) is 10.1. The topological polar surface area (TPSA) is 36.9 Å². The normalized spacial score (nSPS) is 35.2. The van der Waals surface area contributed by atoms with E-state index in [1.807, 2.05) is 6.08 Å². The van der Waals surface area contributed by atoms with Crippen LogP contribution in [0.15, 0.2) is 12.7 Å². The summed E-state index contributed by atoms with van der Waals surface area (Å²) in [5.74, 6) is 0. The number of hydrogen-bond acceptors (Lipinski definition) is 4. The molecule has 0 unspecified atom stereocenters. The average molecular weight is 329 g/mol. The van der Waals surface area contributed by atoms with Gasteiger partial charge in [-0.05, 0) is 6.42 Å². The maximum absolute atomic E-state index is 6.74. The first-order valence-corrected chi connectivity index (χ1v) is 10.00. The molecular formula is C17H32O4Si. The Bertz CT molecular complexity index is 396. The summed E-state index contributed by atoms with van der Waals surface area (Å²) in [4.78, 5) is 0. The van der Waals surface area contributed by atoms with Crippen LogP contribution in [0.3, 0.4) is 0 Å². The largest absolute Gasteiger partial charge is 0.391 e. The first kappa shape index (κ1) is 18.1. The molecule has 0 aromatic carbocycles. The molecule has 0 bridgehead atoms. The van der Waals surface area contributed by atoms with E-state index in [4.69, 9.17) is 18.3 Å². The molecule has 4 nitrogen and oxygen atoms in total. The van der Waals surface area contributed by atoms with E-state index in [1.54, 1.807) is 7.11 Å². The number of ether oxygens (including phenoxy) is 2. The van der Waals surface area contributed by atoms with Gasteiger partial charge >= 0.3 is 8.56 Å². The summed E-state index contributed by atoms with van der Waals surface area (Å²) in [5.41, 5.74) is 0. The third-order valence-electron chi connectivity index (χ3n) is 4.81. The Labute approximate surface area is 136 Å². The van der Waals surface area contributed by atoms with Gasteiger partial charge < -0.3 is 18.3 Å². The fraction of sp³-hybridized carbons (Fsp3) is 0.882. The Kier molecular flexibility index (Phi) is 4.96. The molecule has 0 saturated carbocycles. The summed E-state index contributed by atoms with van der Waals surface area (Å²) < 4.78 is 25.0. The summed E-state index contributed by atoms with van der Waals surface area (Å²) in [6.07, 6.45) is 2.52. The summed E-state index contributed by atoms with van der Waals surface area (Å²) in [7, 11) is -0.729. The molecule has 0 aliphatic carbocycles. The molecule has 4 atom stereocenters. The zero-order chi connectivity index (χ0) is 16.8. The minimum atomic E-state index is -2.47. The second-order valence-corrected chi connectivity index (χ2v) is 13.2. The molecule has 2 rings (SSSR count). The van der Waals surface area contributed by atoms with Crippen LogP contribution in [0, 0.1) is 0 Å². The van der Waals surface area contributed by atoms with Crippen LogP contribution in [0.5, 0.6) is 0 Å². The van der Waals surface area contributed by atoms with Gasteiger partial charge in [0.1, 0.15) is 18.3 Å².